The number of carbonyl (C=O) groups excluding carboxylic acids is 11. The molecule has 2 heterocycles. The number of phenolic OH excluding ortho intramolecular Hbond substituents is 1. The molecule has 2 aliphatic heterocycles. The molecule has 0 aliphatic carbocycles. The van der Waals surface area contributed by atoms with Gasteiger partial charge in [-0.3, -0.25) is 52.7 Å². The molecular weight excluding hydrogens is 941 g/mol. The van der Waals surface area contributed by atoms with Crippen LogP contribution in [0.25, 0.3) is 0 Å². The fourth-order valence-corrected chi connectivity index (χ4v) is 9.62. The Morgan fingerprint density at radius 2 is 1.39 bits per heavy atom. The Hall–Kier alpha value is -6.15. The summed E-state index contributed by atoms with van der Waals surface area (Å²) in [5, 5.41) is 27.7. The molecule has 2 saturated heterocycles. The molecule has 0 radical (unpaired) electrons. The van der Waals surface area contributed by atoms with Crippen LogP contribution in [0.3, 0.4) is 0 Å². The van der Waals surface area contributed by atoms with Gasteiger partial charge in [-0.25, -0.2) is 0 Å². The lowest BCUT2D eigenvalue weighted by Gasteiger charge is -2.31. The van der Waals surface area contributed by atoms with Crippen molar-refractivity contribution in [2.75, 3.05) is 24.6 Å². The first-order chi connectivity index (χ1) is 32.5. The molecule has 0 bridgehead atoms. The van der Waals surface area contributed by atoms with Crippen LogP contribution in [0.1, 0.15) is 78.2 Å². The van der Waals surface area contributed by atoms with E-state index in [1.165, 1.54) is 29.2 Å². The Kier molecular flexibility index (Phi) is 23.0. The van der Waals surface area contributed by atoms with E-state index in [0.29, 0.717) is 18.4 Å². The lowest BCUT2D eigenvalue weighted by molar-refractivity contribution is -0.142. The van der Waals surface area contributed by atoms with Crippen LogP contribution in [0.4, 0.5) is 0 Å². The first-order valence-corrected chi connectivity index (χ1v) is 25.0. The number of amides is 11. The molecule has 0 unspecified atom stereocenters. The number of nitrogens with one attached hydrogen (secondary N) is 7. The molecule has 26 heteroatoms. The van der Waals surface area contributed by atoms with Gasteiger partial charge >= 0.3 is 0 Å². The number of benzene rings is 1. The second-order valence-corrected chi connectivity index (χ2v) is 20.0. The van der Waals surface area contributed by atoms with Crippen molar-refractivity contribution in [3.05, 3.63) is 29.8 Å². The minimum Gasteiger partial charge on any atom is -0.508 e. The predicted octanol–water partition coefficient (Wildman–Crippen LogP) is -3.61. The van der Waals surface area contributed by atoms with E-state index in [0.717, 1.165) is 21.6 Å². The van der Waals surface area contributed by atoms with Crippen LogP contribution in [0.15, 0.2) is 24.3 Å². The fraction of sp³-hybridized carbons (Fsp3) is 0.605. The van der Waals surface area contributed by atoms with E-state index in [1.807, 2.05) is 13.8 Å². The van der Waals surface area contributed by atoms with Crippen LogP contribution in [0.5, 0.6) is 5.75 Å². The highest BCUT2D eigenvalue weighted by Crippen LogP contribution is 2.26. The van der Waals surface area contributed by atoms with Gasteiger partial charge in [-0.1, -0.05) is 67.8 Å². The van der Waals surface area contributed by atoms with Gasteiger partial charge in [0.1, 0.15) is 48.0 Å². The van der Waals surface area contributed by atoms with Gasteiger partial charge < -0.3 is 70.2 Å². The molecule has 382 valence electrons. The number of rotatable bonds is 17. The minimum absolute atomic E-state index is 0.0468. The number of likely N-dealkylation sites (tertiary alicyclic amines) is 1. The number of primary amides is 3. The third kappa shape index (κ3) is 18.7. The van der Waals surface area contributed by atoms with Gasteiger partial charge in [0.25, 0.3) is 0 Å². The highest BCUT2D eigenvalue weighted by Gasteiger charge is 2.41. The standard InChI is InChI=1S/C43H66N12O12S2/c1-5-22(4)35-42(66)49-26(12-13-32(45)57)38(62)51-29(17-33(46)58)39(63)53-30(20-69-68-19-25(44)36(60)50-28(40(64)54-35)16-23-8-10-24(56)11-9-23)43(67)55-14-6-7-31(55)41(65)52-27(15-21(2)3)37(61)48-18-34(47)59/h8-11,21-22,25-31,35,56H,5-7,12-20,44H2,1-4H3,(H2,45,57)(H2,46,58)(H2,47,59)(H,48,61)(H,49,66)(H,50,60)(H,51,62)(H,52,65)(H,53,63)(H,54,64)/t22-,25-,26-,27-,28-,29-,30+,31-,35-/m0/s1. The van der Waals surface area contributed by atoms with Crippen molar-refractivity contribution in [1.82, 2.24) is 42.1 Å². The second-order valence-electron chi connectivity index (χ2n) is 17.4. The highest BCUT2D eigenvalue weighted by atomic mass is 33.1. The minimum atomic E-state index is -1.75. The fourth-order valence-electron chi connectivity index (χ4n) is 7.34. The average Bonchev–Trinajstić information content (AvgIpc) is 3.78. The highest BCUT2D eigenvalue weighted by molar-refractivity contribution is 8.76. The lowest BCUT2D eigenvalue weighted by Crippen LogP contribution is -2.61. The Balaban J connectivity index is 2.05. The molecule has 0 spiro atoms. The summed E-state index contributed by atoms with van der Waals surface area (Å²) in [4.78, 5) is 148. The summed E-state index contributed by atoms with van der Waals surface area (Å²) in [6.07, 6.45) is -0.694. The Bertz CT molecular complexity index is 2050. The summed E-state index contributed by atoms with van der Waals surface area (Å²) in [5.41, 5.74) is 22.9. The van der Waals surface area contributed by atoms with Crippen molar-refractivity contribution in [3.63, 3.8) is 0 Å². The van der Waals surface area contributed by atoms with Gasteiger partial charge in [0.2, 0.25) is 65.0 Å². The summed E-state index contributed by atoms with van der Waals surface area (Å²) < 4.78 is 0. The van der Waals surface area contributed by atoms with E-state index in [-0.39, 0.29) is 49.0 Å². The van der Waals surface area contributed by atoms with Crippen molar-refractivity contribution in [3.8, 4) is 5.75 Å². The molecule has 3 rings (SSSR count). The number of phenols is 1. The van der Waals surface area contributed by atoms with Crippen LogP contribution in [-0.4, -0.2) is 148 Å². The first kappa shape index (κ1) is 57.2. The third-order valence-corrected chi connectivity index (χ3v) is 13.7. The molecular formula is C43H66N12O12S2. The van der Waals surface area contributed by atoms with E-state index in [4.69, 9.17) is 22.9 Å². The zero-order valence-electron chi connectivity index (χ0n) is 39.1. The molecule has 16 N–H and O–H groups in total. The van der Waals surface area contributed by atoms with Crippen molar-refractivity contribution < 1.29 is 57.8 Å². The number of nitrogens with two attached hydrogens (primary N) is 4. The van der Waals surface area contributed by atoms with E-state index >= 15 is 0 Å². The molecule has 24 nitrogen and oxygen atoms in total. The number of hydrogen-bond acceptors (Lipinski definition) is 15. The predicted molar refractivity (Wildman–Crippen MR) is 254 cm³/mol. The van der Waals surface area contributed by atoms with Crippen LogP contribution < -0.4 is 60.2 Å². The molecule has 0 aromatic heterocycles. The van der Waals surface area contributed by atoms with Gasteiger partial charge in [-0.2, -0.15) is 0 Å². The summed E-state index contributed by atoms with van der Waals surface area (Å²) in [6, 6.07) is -5.05. The quantitative estimate of drug-likeness (QED) is 0.0671. The Morgan fingerprint density at radius 1 is 0.783 bits per heavy atom. The lowest BCUT2D eigenvalue weighted by atomic mass is 9.96. The molecule has 9 atom stereocenters. The van der Waals surface area contributed by atoms with Crippen LogP contribution in [0.2, 0.25) is 0 Å². The SMILES string of the molecule is CC[C@H](C)[C@@H]1NC(=O)[C@H](Cc2ccc(O)cc2)NC(=O)[C@@H](N)CSSC[C@H](C(=O)N2CCC[C@H]2C(=O)N[C@@H](CC(C)C)C(=O)NCC(N)=O)NC(=O)[C@H](CC(N)=O)NC(=O)[C@H](CCC(N)=O)NC1=O. The molecule has 0 saturated carbocycles. The second kappa shape index (κ2) is 27.7. The van der Waals surface area contributed by atoms with Gasteiger partial charge in [-0.05, 0) is 55.2 Å². The first-order valence-electron chi connectivity index (χ1n) is 22.5. The number of nitrogens with zero attached hydrogens (tertiary/aromatic N) is 1. The van der Waals surface area contributed by atoms with Gasteiger partial charge in [0, 0.05) is 30.9 Å². The number of aromatic hydroxyl groups is 1. The van der Waals surface area contributed by atoms with E-state index < -0.39 is 145 Å². The molecule has 69 heavy (non-hydrogen) atoms. The smallest absolute Gasteiger partial charge is 0.246 e. The summed E-state index contributed by atoms with van der Waals surface area (Å²) in [7, 11) is 2.05. The normalized spacial score (nSPS) is 24.3. The van der Waals surface area contributed by atoms with E-state index in [2.05, 4.69) is 37.2 Å². The summed E-state index contributed by atoms with van der Waals surface area (Å²) in [6.45, 7) is 6.60. The average molecular weight is 1010 g/mol. The van der Waals surface area contributed by atoms with Gasteiger partial charge in [0.05, 0.1) is 19.0 Å². The zero-order valence-corrected chi connectivity index (χ0v) is 40.7. The summed E-state index contributed by atoms with van der Waals surface area (Å²) in [5.74, 6) is -10.4. The maximum atomic E-state index is 14.5. The van der Waals surface area contributed by atoms with Crippen molar-refractivity contribution in [2.24, 2.45) is 34.8 Å². The molecule has 2 aliphatic rings. The topological polar surface area (TPSA) is 400 Å². The molecule has 11 amide bonds. The maximum Gasteiger partial charge on any atom is 0.246 e. The van der Waals surface area contributed by atoms with E-state index in [9.17, 15) is 57.8 Å². The van der Waals surface area contributed by atoms with Crippen molar-refractivity contribution in [1.29, 1.82) is 0 Å². The third-order valence-electron chi connectivity index (χ3n) is 11.3. The van der Waals surface area contributed by atoms with E-state index in [1.54, 1.807) is 13.8 Å². The monoisotopic (exact) mass is 1010 g/mol. The molecule has 1 aromatic carbocycles. The molecule has 1 aromatic rings. The maximum absolute atomic E-state index is 14.5. The summed E-state index contributed by atoms with van der Waals surface area (Å²) >= 11 is 0. The Labute approximate surface area is 407 Å². The van der Waals surface area contributed by atoms with Crippen LogP contribution in [-0.2, 0) is 59.2 Å². The number of carbonyl (C=O) groups is 11. The van der Waals surface area contributed by atoms with Crippen molar-refractivity contribution in [2.45, 2.75) is 127 Å². The molecule has 2 fully saturated rings. The zero-order chi connectivity index (χ0) is 51.5. The van der Waals surface area contributed by atoms with Gasteiger partial charge in [0.15, 0.2) is 0 Å². The Morgan fingerprint density at radius 3 is 2.00 bits per heavy atom. The largest absolute Gasteiger partial charge is 0.508 e. The van der Waals surface area contributed by atoms with Gasteiger partial charge in [-0.15, -0.1) is 0 Å². The van der Waals surface area contributed by atoms with Crippen molar-refractivity contribution >= 4 is 86.6 Å². The van der Waals surface area contributed by atoms with Crippen LogP contribution >= 0.6 is 21.6 Å². The van der Waals surface area contributed by atoms with Crippen LogP contribution in [0, 0.1) is 11.8 Å². The number of hydrogen-bond donors (Lipinski definition) is 12.